The zero-order valence-electron chi connectivity index (χ0n) is 12.4. The van der Waals surface area contributed by atoms with Crippen LogP contribution in [0.1, 0.15) is 26.3 Å². The van der Waals surface area contributed by atoms with E-state index in [2.05, 4.69) is 5.10 Å². The standard InChI is InChI=1S/C19H11FN2O2/c20-14-9-7-12(8-10-14)11-21-22-18(23)15-5-1-3-13-4-2-6-16(17(13)15)19(22)24/h1-11H. The molecule has 0 N–H and O–H groups in total. The number of halogens is 1. The van der Waals surface area contributed by atoms with Gasteiger partial charge < -0.3 is 0 Å². The van der Waals surface area contributed by atoms with Crippen LogP contribution in [0.3, 0.4) is 0 Å². The van der Waals surface area contributed by atoms with Crippen molar-refractivity contribution in [3.05, 3.63) is 83.2 Å². The molecule has 0 atom stereocenters. The lowest BCUT2D eigenvalue weighted by atomic mass is 9.95. The second kappa shape index (κ2) is 5.38. The maximum absolute atomic E-state index is 12.9. The highest BCUT2D eigenvalue weighted by molar-refractivity contribution is 6.25. The first kappa shape index (κ1) is 14.3. The van der Waals surface area contributed by atoms with Gasteiger partial charge in [-0.15, -0.1) is 0 Å². The molecule has 5 heteroatoms. The Bertz CT molecular complexity index is 959. The van der Waals surface area contributed by atoms with E-state index in [-0.39, 0.29) is 5.82 Å². The molecule has 0 aliphatic carbocycles. The first-order valence-corrected chi connectivity index (χ1v) is 7.35. The van der Waals surface area contributed by atoms with Crippen molar-refractivity contribution >= 4 is 28.8 Å². The molecule has 0 spiro atoms. The number of imide groups is 1. The van der Waals surface area contributed by atoms with Crippen LogP contribution in [0.4, 0.5) is 4.39 Å². The van der Waals surface area contributed by atoms with E-state index in [1.165, 1.54) is 30.5 Å². The first-order chi connectivity index (χ1) is 11.6. The Morgan fingerprint density at radius 3 is 2.00 bits per heavy atom. The molecule has 1 heterocycles. The van der Waals surface area contributed by atoms with Crippen molar-refractivity contribution in [1.82, 2.24) is 5.01 Å². The van der Waals surface area contributed by atoms with Gasteiger partial charge in [0.15, 0.2) is 0 Å². The molecule has 0 saturated carbocycles. The van der Waals surface area contributed by atoms with Crippen molar-refractivity contribution in [2.75, 3.05) is 0 Å². The zero-order valence-corrected chi connectivity index (χ0v) is 12.4. The van der Waals surface area contributed by atoms with Crippen molar-refractivity contribution in [2.45, 2.75) is 0 Å². The van der Waals surface area contributed by atoms with E-state index in [4.69, 9.17) is 0 Å². The molecule has 0 aromatic heterocycles. The van der Waals surface area contributed by atoms with E-state index in [1.54, 1.807) is 24.3 Å². The SMILES string of the molecule is O=C1c2cccc3cccc(c23)C(=O)N1N=Cc1ccc(F)cc1. The Labute approximate surface area is 136 Å². The second-order valence-corrected chi connectivity index (χ2v) is 5.43. The van der Waals surface area contributed by atoms with Crippen LogP contribution in [0, 0.1) is 5.82 Å². The largest absolute Gasteiger partial charge is 0.282 e. The van der Waals surface area contributed by atoms with Crippen LogP contribution in [-0.2, 0) is 0 Å². The lowest BCUT2D eigenvalue weighted by molar-refractivity contribution is 0.0616. The van der Waals surface area contributed by atoms with Crippen LogP contribution in [0.2, 0.25) is 0 Å². The van der Waals surface area contributed by atoms with Crippen LogP contribution in [0.25, 0.3) is 10.8 Å². The Hall–Kier alpha value is -3.34. The van der Waals surface area contributed by atoms with Gasteiger partial charge in [-0.3, -0.25) is 9.59 Å². The third-order valence-electron chi connectivity index (χ3n) is 3.94. The Kier molecular flexibility index (Phi) is 3.20. The molecule has 1 aliphatic heterocycles. The van der Waals surface area contributed by atoms with Gasteiger partial charge in [0.25, 0.3) is 11.8 Å². The first-order valence-electron chi connectivity index (χ1n) is 7.35. The molecule has 2 amide bonds. The number of carbonyl (C=O) groups is 2. The number of benzene rings is 3. The van der Waals surface area contributed by atoms with Gasteiger partial charge in [0, 0.05) is 5.39 Å². The highest BCUT2D eigenvalue weighted by atomic mass is 19.1. The fourth-order valence-electron chi connectivity index (χ4n) is 2.80. The summed E-state index contributed by atoms with van der Waals surface area (Å²) in [5.41, 5.74) is 1.48. The maximum atomic E-state index is 12.9. The van der Waals surface area contributed by atoms with Crippen molar-refractivity contribution < 1.29 is 14.0 Å². The average molecular weight is 318 g/mol. The van der Waals surface area contributed by atoms with Gasteiger partial charge in [-0.1, -0.05) is 36.4 Å². The van der Waals surface area contributed by atoms with Gasteiger partial charge in [0.05, 0.1) is 17.3 Å². The fraction of sp³-hybridized carbons (Fsp3) is 0. The van der Waals surface area contributed by atoms with E-state index in [0.717, 1.165) is 10.4 Å². The molecule has 4 nitrogen and oxygen atoms in total. The summed E-state index contributed by atoms with van der Waals surface area (Å²) in [6.07, 6.45) is 1.36. The van der Waals surface area contributed by atoms with Crippen molar-refractivity contribution in [2.24, 2.45) is 5.10 Å². The molecule has 4 rings (SSSR count). The van der Waals surface area contributed by atoms with Crippen LogP contribution < -0.4 is 0 Å². The summed E-state index contributed by atoms with van der Waals surface area (Å²) >= 11 is 0. The monoisotopic (exact) mass is 318 g/mol. The minimum absolute atomic E-state index is 0.363. The molecule has 0 unspecified atom stereocenters. The Balaban J connectivity index is 1.78. The summed E-state index contributed by atoms with van der Waals surface area (Å²) in [5, 5.41) is 6.36. The van der Waals surface area contributed by atoms with Crippen LogP contribution >= 0.6 is 0 Å². The number of nitrogens with zero attached hydrogens (tertiary/aromatic N) is 2. The molecular weight excluding hydrogens is 307 g/mol. The molecule has 116 valence electrons. The van der Waals surface area contributed by atoms with Gasteiger partial charge in [-0.2, -0.15) is 10.1 Å². The van der Waals surface area contributed by atoms with Gasteiger partial charge in [-0.05, 0) is 35.2 Å². The second-order valence-electron chi connectivity index (χ2n) is 5.43. The number of hydrogen-bond donors (Lipinski definition) is 0. The smallest absolute Gasteiger partial charge is 0.267 e. The lowest BCUT2D eigenvalue weighted by Crippen LogP contribution is -2.36. The summed E-state index contributed by atoms with van der Waals surface area (Å²) in [4.78, 5) is 25.2. The Morgan fingerprint density at radius 1 is 0.833 bits per heavy atom. The minimum atomic E-state index is -0.470. The molecule has 0 saturated heterocycles. The highest BCUT2D eigenvalue weighted by Crippen LogP contribution is 2.29. The number of amides is 2. The summed E-state index contributed by atoms with van der Waals surface area (Å²) in [7, 11) is 0. The third-order valence-corrected chi connectivity index (χ3v) is 3.94. The maximum Gasteiger partial charge on any atom is 0.282 e. The van der Waals surface area contributed by atoms with E-state index >= 15 is 0 Å². The van der Waals surface area contributed by atoms with Gasteiger partial charge in [0.2, 0.25) is 0 Å². The summed E-state index contributed by atoms with van der Waals surface area (Å²) in [6.45, 7) is 0. The normalized spacial score (nSPS) is 14.0. The molecule has 0 bridgehead atoms. The number of rotatable bonds is 2. The van der Waals surface area contributed by atoms with Crippen molar-refractivity contribution in [1.29, 1.82) is 0 Å². The van der Waals surface area contributed by atoms with Crippen molar-refractivity contribution in [3.8, 4) is 0 Å². The van der Waals surface area contributed by atoms with E-state index in [0.29, 0.717) is 22.1 Å². The van der Waals surface area contributed by atoms with Crippen LogP contribution in [0.5, 0.6) is 0 Å². The zero-order chi connectivity index (χ0) is 16.7. The summed E-state index contributed by atoms with van der Waals surface area (Å²) in [6, 6.07) is 16.3. The van der Waals surface area contributed by atoms with E-state index in [9.17, 15) is 14.0 Å². The fourth-order valence-corrected chi connectivity index (χ4v) is 2.80. The van der Waals surface area contributed by atoms with Crippen molar-refractivity contribution in [3.63, 3.8) is 0 Å². The minimum Gasteiger partial charge on any atom is -0.267 e. The molecule has 1 aliphatic rings. The third kappa shape index (κ3) is 2.18. The van der Waals surface area contributed by atoms with Gasteiger partial charge >= 0.3 is 0 Å². The topological polar surface area (TPSA) is 49.7 Å². The van der Waals surface area contributed by atoms with E-state index < -0.39 is 11.8 Å². The Morgan fingerprint density at radius 2 is 1.42 bits per heavy atom. The van der Waals surface area contributed by atoms with Crippen LogP contribution in [-0.4, -0.2) is 23.0 Å². The molecular formula is C19H11FN2O2. The molecule has 24 heavy (non-hydrogen) atoms. The molecule has 3 aromatic rings. The van der Waals surface area contributed by atoms with Gasteiger partial charge in [0.1, 0.15) is 5.82 Å². The number of hydrazone groups is 1. The lowest BCUT2D eigenvalue weighted by Gasteiger charge is -2.22. The number of carbonyl (C=O) groups excluding carboxylic acids is 2. The quantitative estimate of drug-likeness (QED) is 0.535. The number of hydrogen-bond acceptors (Lipinski definition) is 3. The average Bonchev–Trinajstić information content (AvgIpc) is 2.61. The molecule has 0 radical (unpaired) electrons. The molecule has 3 aromatic carbocycles. The van der Waals surface area contributed by atoms with E-state index in [1.807, 2.05) is 12.1 Å². The predicted octanol–water partition coefficient (Wildman–Crippen LogP) is 3.61. The summed E-state index contributed by atoms with van der Waals surface area (Å²) < 4.78 is 12.9. The highest BCUT2D eigenvalue weighted by Gasteiger charge is 2.32. The summed E-state index contributed by atoms with van der Waals surface area (Å²) in [5.74, 6) is -1.30. The van der Waals surface area contributed by atoms with Crippen LogP contribution in [0.15, 0.2) is 65.8 Å². The van der Waals surface area contributed by atoms with Gasteiger partial charge in [-0.25, -0.2) is 4.39 Å². The predicted molar refractivity (Wildman–Crippen MR) is 88.4 cm³/mol. The molecule has 0 fully saturated rings.